The van der Waals surface area contributed by atoms with E-state index in [-0.39, 0.29) is 37.4 Å². The van der Waals surface area contributed by atoms with Gasteiger partial charge in [-0.25, -0.2) is 9.69 Å². The first kappa shape index (κ1) is 28.6. The summed E-state index contributed by atoms with van der Waals surface area (Å²) in [7, 11) is 2.69. The first-order valence-corrected chi connectivity index (χ1v) is 12.4. The van der Waals surface area contributed by atoms with Crippen molar-refractivity contribution in [3.05, 3.63) is 30.0 Å². The predicted molar refractivity (Wildman–Crippen MR) is 136 cm³/mol. The molecular formula is C26H34N4O8. The molecule has 12 heteroatoms. The first-order chi connectivity index (χ1) is 18.1. The van der Waals surface area contributed by atoms with Gasteiger partial charge in [-0.1, -0.05) is 19.9 Å². The van der Waals surface area contributed by atoms with Crippen molar-refractivity contribution in [1.29, 1.82) is 0 Å². The maximum absolute atomic E-state index is 13.3. The highest BCUT2D eigenvalue weighted by Gasteiger charge is 2.39. The van der Waals surface area contributed by atoms with Crippen molar-refractivity contribution < 1.29 is 38.6 Å². The van der Waals surface area contributed by atoms with Crippen molar-refractivity contribution in [3.63, 3.8) is 0 Å². The molecule has 3 atom stereocenters. The number of hydrogen-bond acceptors (Lipinski definition) is 8. The molecule has 1 aliphatic heterocycles. The Morgan fingerprint density at radius 2 is 1.89 bits per heavy atom. The van der Waals surface area contributed by atoms with Crippen LogP contribution in [0.15, 0.2) is 24.3 Å². The number of carbonyl (C=O) groups is 5. The second-order valence-electron chi connectivity index (χ2n) is 9.63. The van der Waals surface area contributed by atoms with Gasteiger partial charge >= 0.3 is 6.09 Å². The van der Waals surface area contributed by atoms with E-state index in [1.54, 1.807) is 24.3 Å². The molecule has 2 aromatic rings. The summed E-state index contributed by atoms with van der Waals surface area (Å²) >= 11 is 0. The summed E-state index contributed by atoms with van der Waals surface area (Å²) < 4.78 is 9.94. The number of imide groups is 1. The van der Waals surface area contributed by atoms with Crippen LogP contribution in [0.1, 0.15) is 43.6 Å². The second-order valence-corrected chi connectivity index (χ2v) is 9.63. The van der Waals surface area contributed by atoms with E-state index < -0.39 is 54.2 Å². The third kappa shape index (κ3) is 6.49. The molecule has 38 heavy (non-hydrogen) atoms. The average Bonchev–Trinajstić information content (AvgIpc) is 3.50. The Labute approximate surface area is 220 Å². The number of aliphatic hydroxyl groups excluding tert-OH is 1. The number of Topliss-reactive ketones (excluding diaryl/α,β-unsaturated/α-hetero) is 1. The Morgan fingerprint density at radius 1 is 1.16 bits per heavy atom. The van der Waals surface area contributed by atoms with E-state index in [1.807, 2.05) is 13.8 Å². The fourth-order valence-corrected chi connectivity index (χ4v) is 4.55. The Morgan fingerprint density at radius 3 is 2.53 bits per heavy atom. The number of H-pyrrole nitrogens is 1. The molecule has 0 radical (unpaired) electrons. The topological polar surface area (TPSA) is 167 Å². The molecule has 12 nitrogen and oxygen atoms in total. The number of aromatic amines is 1. The Hall–Kier alpha value is -3.93. The summed E-state index contributed by atoms with van der Waals surface area (Å²) in [5.41, 5.74) is 0.920. The lowest BCUT2D eigenvalue weighted by Crippen LogP contribution is -2.53. The number of methoxy groups -OCH3 is 2. The largest absolute Gasteiger partial charge is 0.496 e. The lowest BCUT2D eigenvalue weighted by atomic mass is 9.95. The molecule has 4 amide bonds. The molecule has 3 rings (SSSR count). The van der Waals surface area contributed by atoms with Crippen molar-refractivity contribution in [2.45, 2.75) is 45.2 Å². The molecule has 206 valence electrons. The fourth-order valence-electron chi connectivity index (χ4n) is 4.55. The van der Waals surface area contributed by atoms with Crippen LogP contribution in [0, 0.1) is 11.8 Å². The van der Waals surface area contributed by atoms with Gasteiger partial charge < -0.3 is 30.2 Å². The molecule has 0 spiro atoms. The van der Waals surface area contributed by atoms with Crippen LogP contribution in [-0.2, 0) is 19.1 Å². The first-order valence-electron chi connectivity index (χ1n) is 12.4. The number of ether oxygens (including phenoxy) is 2. The lowest BCUT2D eigenvalue weighted by molar-refractivity contribution is -0.133. The van der Waals surface area contributed by atoms with Gasteiger partial charge in [0.25, 0.3) is 5.91 Å². The number of amides is 4. The van der Waals surface area contributed by atoms with Gasteiger partial charge in [-0.05, 0) is 43.4 Å². The second kappa shape index (κ2) is 12.5. The quantitative estimate of drug-likeness (QED) is 0.338. The van der Waals surface area contributed by atoms with Gasteiger partial charge in [0, 0.05) is 23.4 Å². The average molecular weight is 531 g/mol. The van der Waals surface area contributed by atoms with Crippen molar-refractivity contribution >= 4 is 40.5 Å². The molecule has 1 aromatic carbocycles. The van der Waals surface area contributed by atoms with Crippen LogP contribution in [0.25, 0.3) is 10.9 Å². The number of nitrogens with zero attached hydrogens (tertiary/aromatic N) is 1. The summed E-state index contributed by atoms with van der Waals surface area (Å²) in [6.07, 6.45) is -0.322. The third-order valence-corrected chi connectivity index (χ3v) is 6.51. The van der Waals surface area contributed by atoms with Crippen LogP contribution in [0.4, 0.5) is 4.79 Å². The van der Waals surface area contributed by atoms with Crippen molar-refractivity contribution in [1.82, 2.24) is 20.5 Å². The van der Waals surface area contributed by atoms with Crippen LogP contribution in [0.3, 0.4) is 0 Å². The van der Waals surface area contributed by atoms with E-state index in [0.29, 0.717) is 16.7 Å². The van der Waals surface area contributed by atoms with E-state index in [2.05, 4.69) is 20.4 Å². The minimum absolute atomic E-state index is 0.0193. The van der Waals surface area contributed by atoms with Crippen LogP contribution in [-0.4, -0.2) is 84.0 Å². The maximum Gasteiger partial charge on any atom is 0.416 e. The van der Waals surface area contributed by atoms with Crippen molar-refractivity contribution in [2.24, 2.45) is 11.8 Å². The highest BCUT2D eigenvalue weighted by Crippen LogP contribution is 2.26. The van der Waals surface area contributed by atoms with Crippen LogP contribution < -0.4 is 15.4 Å². The molecule has 0 saturated carbocycles. The number of benzene rings is 1. The Kier molecular flexibility index (Phi) is 9.45. The number of carbonyl (C=O) groups excluding carboxylic acids is 5. The van der Waals surface area contributed by atoms with Gasteiger partial charge in [0.2, 0.25) is 11.8 Å². The zero-order chi connectivity index (χ0) is 28.0. The van der Waals surface area contributed by atoms with Crippen molar-refractivity contribution in [3.8, 4) is 5.75 Å². The van der Waals surface area contributed by atoms with Gasteiger partial charge in [-0.15, -0.1) is 0 Å². The lowest BCUT2D eigenvalue weighted by Gasteiger charge is -2.24. The predicted octanol–water partition coefficient (Wildman–Crippen LogP) is 1.37. The zero-order valence-electron chi connectivity index (χ0n) is 21.9. The molecule has 1 aliphatic rings. The minimum atomic E-state index is -1.18. The highest BCUT2D eigenvalue weighted by atomic mass is 16.5. The summed E-state index contributed by atoms with van der Waals surface area (Å²) in [6, 6.07) is 4.81. The number of fused-ring (bicyclic) bond motifs is 1. The minimum Gasteiger partial charge on any atom is -0.496 e. The molecule has 2 heterocycles. The standard InChI is InChI=1S/C26H34N4O8/c1-14(2)10-19(29-24(34)20-12-16-17(27-20)6-5-7-22(16)37-3)23(33)28-18(21(32)13-31)11-15-8-9-30(25(15)35)26(36)38-4/h5-7,12,14-15,18-19,27,31H,8-11,13H2,1-4H3,(H,28,33)(H,29,34)/t15-,18-,19-/m0/s1. The maximum atomic E-state index is 13.3. The molecule has 0 aliphatic carbocycles. The molecule has 0 bridgehead atoms. The van der Waals surface area contributed by atoms with Crippen LogP contribution in [0.5, 0.6) is 5.75 Å². The Balaban J connectivity index is 1.75. The molecule has 1 fully saturated rings. The number of ketones is 1. The van der Waals surface area contributed by atoms with E-state index in [1.165, 1.54) is 7.11 Å². The smallest absolute Gasteiger partial charge is 0.416 e. The fraction of sp³-hybridized carbons (Fsp3) is 0.500. The monoisotopic (exact) mass is 530 g/mol. The molecule has 0 unspecified atom stereocenters. The van der Waals surface area contributed by atoms with Gasteiger partial charge in [0.15, 0.2) is 5.78 Å². The number of hydrogen-bond donors (Lipinski definition) is 4. The molecule has 1 saturated heterocycles. The Bertz CT molecular complexity index is 1210. The number of aliphatic hydroxyl groups is 1. The normalized spacial score (nSPS) is 16.8. The molecule has 1 aromatic heterocycles. The van der Waals surface area contributed by atoms with Gasteiger partial charge in [-0.2, -0.15) is 0 Å². The molecule has 4 N–H and O–H groups in total. The number of rotatable bonds is 11. The van der Waals surface area contributed by atoms with E-state index in [9.17, 15) is 29.1 Å². The van der Waals surface area contributed by atoms with E-state index >= 15 is 0 Å². The van der Waals surface area contributed by atoms with Crippen molar-refractivity contribution in [2.75, 3.05) is 27.4 Å². The van der Waals surface area contributed by atoms with Gasteiger partial charge in [-0.3, -0.25) is 19.2 Å². The van der Waals surface area contributed by atoms with Gasteiger partial charge in [0.05, 0.1) is 20.3 Å². The highest BCUT2D eigenvalue weighted by molar-refractivity contribution is 6.02. The summed E-state index contributed by atoms with van der Waals surface area (Å²) in [5.74, 6) is -2.44. The summed E-state index contributed by atoms with van der Waals surface area (Å²) in [6.45, 7) is 3.06. The van der Waals surface area contributed by atoms with Crippen LogP contribution in [0.2, 0.25) is 0 Å². The summed E-state index contributed by atoms with van der Waals surface area (Å²) in [4.78, 5) is 67.2. The SMILES string of the molecule is COC(=O)N1CC[C@@H](C[C@H](NC(=O)[C@H](CC(C)C)NC(=O)c2cc3c(OC)cccc3[nH]2)C(=O)CO)C1=O. The van der Waals surface area contributed by atoms with Crippen LogP contribution >= 0.6 is 0 Å². The number of likely N-dealkylation sites (tertiary alicyclic amines) is 1. The summed E-state index contributed by atoms with van der Waals surface area (Å²) in [5, 5.41) is 15.5. The molecular weight excluding hydrogens is 496 g/mol. The van der Waals surface area contributed by atoms with Gasteiger partial charge in [0.1, 0.15) is 24.1 Å². The van der Waals surface area contributed by atoms with E-state index in [4.69, 9.17) is 4.74 Å². The third-order valence-electron chi connectivity index (χ3n) is 6.51. The number of aromatic nitrogens is 1. The van der Waals surface area contributed by atoms with E-state index in [0.717, 1.165) is 12.0 Å². The number of nitrogens with one attached hydrogen (secondary N) is 3. The zero-order valence-corrected chi connectivity index (χ0v) is 21.9.